The molecule has 0 bridgehead atoms. The Kier molecular flexibility index (Phi) is 1.79. The van der Waals surface area contributed by atoms with Crippen molar-refractivity contribution in [2.75, 3.05) is 0 Å². The number of rotatable bonds is 2. The van der Waals surface area contributed by atoms with Crippen molar-refractivity contribution < 1.29 is 4.39 Å². The minimum absolute atomic E-state index is 0.385. The first-order valence-electron chi connectivity index (χ1n) is 4.33. The summed E-state index contributed by atoms with van der Waals surface area (Å²) in [7, 11) is 0. The molecule has 0 aromatic carbocycles. The molecular weight excluding hydrogens is 155 g/mol. The monoisotopic (exact) mass is 166 g/mol. The van der Waals surface area contributed by atoms with Gasteiger partial charge < -0.3 is 0 Å². The minimum Gasteiger partial charge on any atom is -0.237 e. The van der Waals surface area contributed by atoms with Gasteiger partial charge in [-0.25, -0.2) is 9.97 Å². The Labute approximate surface area is 70.9 Å². The van der Waals surface area contributed by atoms with Crippen molar-refractivity contribution in [1.29, 1.82) is 0 Å². The number of hydrogen-bond acceptors (Lipinski definition) is 2. The second-order valence-electron chi connectivity index (χ2n) is 3.17. The van der Waals surface area contributed by atoms with Crippen LogP contribution >= 0.6 is 0 Å². The SMILES string of the molecule is CCc1cc(F)nc(C2CC2)n1. The van der Waals surface area contributed by atoms with Gasteiger partial charge in [-0.1, -0.05) is 6.92 Å². The van der Waals surface area contributed by atoms with Crippen molar-refractivity contribution in [2.45, 2.75) is 32.1 Å². The van der Waals surface area contributed by atoms with Crippen molar-refractivity contribution in [3.63, 3.8) is 0 Å². The van der Waals surface area contributed by atoms with E-state index in [0.717, 1.165) is 25.0 Å². The van der Waals surface area contributed by atoms with E-state index >= 15 is 0 Å². The fourth-order valence-electron chi connectivity index (χ4n) is 1.19. The summed E-state index contributed by atoms with van der Waals surface area (Å²) in [6, 6.07) is 1.41. The zero-order valence-corrected chi connectivity index (χ0v) is 7.05. The fraction of sp³-hybridized carbons (Fsp3) is 0.556. The van der Waals surface area contributed by atoms with E-state index < -0.39 is 0 Å². The molecule has 12 heavy (non-hydrogen) atoms. The van der Waals surface area contributed by atoms with Crippen LogP contribution in [0.4, 0.5) is 4.39 Å². The van der Waals surface area contributed by atoms with Gasteiger partial charge in [0, 0.05) is 17.7 Å². The lowest BCUT2D eigenvalue weighted by atomic mass is 10.3. The van der Waals surface area contributed by atoms with Gasteiger partial charge in [-0.3, -0.25) is 0 Å². The third-order valence-corrected chi connectivity index (χ3v) is 2.07. The van der Waals surface area contributed by atoms with Crippen LogP contribution in [0.5, 0.6) is 0 Å². The quantitative estimate of drug-likeness (QED) is 0.628. The maximum Gasteiger partial charge on any atom is 0.216 e. The van der Waals surface area contributed by atoms with Crippen LogP contribution in [-0.4, -0.2) is 9.97 Å². The van der Waals surface area contributed by atoms with Crippen molar-refractivity contribution in [3.8, 4) is 0 Å². The van der Waals surface area contributed by atoms with Gasteiger partial charge in [0.2, 0.25) is 5.95 Å². The van der Waals surface area contributed by atoms with E-state index in [1.165, 1.54) is 6.07 Å². The summed E-state index contributed by atoms with van der Waals surface area (Å²) in [5.41, 5.74) is 0.810. The molecule has 0 spiro atoms. The third kappa shape index (κ3) is 1.44. The molecule has 0 unspecified atom stereocenters. The molecule has 2 nitrogen and oxygen atoms in total. The van der Waals surface area contributed by atoms with E-state index in [0.29, 0.717) is 11.7 Å². The number of hydrogen-bond donors (Lipinski definition) is 0. The number of aryl methyl sites for hydroxylation is 1. The molecule has 0 radical (unpaired) electrons. The molecule has 1 aliphatic carbocycles. The summed E-state index contributed by atoms with van der Waals surface area (Å²) in [6.45, 7) is 1.97. The predicted octanol–water partition coefficient (Wildman–Crippen LogP) is 2.06. The number of nitrogens with zero attached hydrogens (tertiary/aromatic N) is 2. The van der Waals surface area contributed by atoms with Gasteiger partial charge in [0.25, 0.3) is 0 Å². The Morgan fingerprint density at radius 3 is 2.83 bits per heavy atom. The first kappa shape index (κ1) is 7.65. The smallest absolute Gasteiger partial charge is 0.216 e. The molecule has 1 aromatic heterocycles. The van der Waals surface area contributed by atoms with Gasteiger partial charge in [-0.2, -0.15) is 4.39 Å². The van der Waals surface area contributed by atoms with Crippen molar-refractivity contribution in [3.05, 3.63) is 23.5 Å². The Balaban J connectivity index is 2.34. The van der Waals surface area contributed by atoms with E-state index in [4.69, 9.17) is 0 Å². The first-order valence-corrected chi connectivity index (χ1v) is 4.33. The normalized spacial score (nSPS) is 16.5. The Bertz CT molecular complexity index is 295. The molecule has 1 heterocycles. The van der Waals surface area contributed by atoms with Gasteiger partial charge in [0.1, 0.15) is 5.82 Å². The average Bonchev–Trinajstić information content (AvgIpc) is 2.85. The second-order valence-corrected chi connectivity index (χ2v) is 3.17. The van der Waals surface area contributed by atoms with E-state index in [1.54, 1.807) is 0 Å². The number of aromatic nitrogens is 2. The molecule has 2 rings (SSSR count). The molecule has 1 saturated carbocycles. The van der Waals surface area contributed by atoms with Crippen molar-refractivity contribution >= 4 is 0 Å². The summed E-state index contributed by atoms with van der Waals surface area (Å²) in [4.78, 5) is 8.03. The fourth-order valence-corrected chi connectivity index (χ4v) is 1.19. The third-order valence-electron chi connectivity index (χ3n) is 2.07. The topological polar surface area (TPSA) is 25.8 Å². The highest BCUT2D eigenvalue weighted by molar-refractivity contribution is 5.10. The standard InChI is InChI=1S/C9H11FN2/c1-2-7-5-8(10)12-9(11-7)6-3-4-6/h5-6H,2-4H2,1H3. The van der Waals surface area contributed by atoms with E-state index in [1.807, 2.05) is 6.92 Å². The van der Waals surface area contributed by atoms with Crippen LogP contribution in [0.3, 0.4) is 0 Å². The summed E-state index contributed by atoms with van der Waals surface area (Å²) >= 11 is 0. The number of halogens is 1. The summed E-state index contributed by atoms with van der Waals surface area (Å²) in [5, 5.41) is 0. The van der Waals surface area contributed by atoms with Crippen LogP contribution in [0.15, 0.2) is 6.07 Å². The van der Waals surface area contributed by atoms with Gasteiger partial charge in [0.05, 0.1) is 0 Å². The maximum absolute atomic E-state index is 12.9. The largest absolute Gasteiger partial charge is 0.237 e. The lowest BCUT2D eigenvalue weighted by Gasteiger charge is -1.99. The molecular formula is C9H11FN2. The predicted molar refractivity (Wildman–Crippen MR) is 43.3 cm³/mol. The molecule has 0 atom stereocenters. The van der Waals surface area contributed by atoms with Gasteiger partial charge in [-0.05, 0) is 19.3 Å². The molecule has 64 valence electrons. The Morgan fingerprint density at radius 2 is 2.25 bits per heavy atom. The van der Waals surface area contributed by atoms with Crippen LogP contribution in [0, 0.1) is 5.95 Å². The highest BCUT2D eigenvalue weighted by Gasteiger charge is 2.27. The average molecular weight is 166 g/mol. The lowest BCUT2D eigenvalue weighted by molar-refractivity contribution is 0.565. The van der Waals surface area contributed by atoms with Gasteiger partial charge >= 0.3 is 0 Å². The van der Waals surface area contributed by atoms with Crippen LogP contribution in [0.2, 0.25) is 0 Å². The minimum atomic E-state index is -0.385. The van der Waals surface area contributed by atoms with E-state index in [-0.39, 0.29) is 5.95 Å². The molecule has 1 aromatic rings. The van der Waals surface area contributed by atoms with E-state index in [2.05, 4.69) is 9.97 Å². The van der Waals surface area contributed by atoms with Crippen LogP contribution in [0.1, 0.15) is 37.2 Å². The summed E-state index contributed by atoms with van der Waals surface area (Å²) in [6.07, 6.45) is 3.01. The van der Waals surface area contributed by atoms with E-state index in [9.17, 15) is 4.39 Å². The highest BCUT2D eigenvalue weighted by atomic mass is 19.1. The van der Waals surface area contributed by atoms with Crippen LogP contribution in [0.25, 0.3) is 0 Å². The molecule has 0 aliphatic heterocycles. The molecule has 1 aliphatic rings. The van der Waals surface area contributed by atoms with Crippen molar-refractivity contribution in [1.82, 2.24) is 9.97 Å². The summed E-state index contributed by atoms with van der Waals surface area (Å²) < 4.78 is 12.9. The van der Waals surface area contributed by atoms with Crippen molar-refractivity contribution in [2.24, 2.45) is 0 Å². The Hall–Kier alpha value is -0.990. The lowest BCUT2D eigenvalue weighted by Crippen LogP contribution is -1.99. The molecule has 0 saturated heterocycles. The first-order chi connectivity index (χ1) is 5.79. The zero-order chi connectivity index (χ0) is 8.55. The molecule has 0 N–H and O–H groups in total. The second kappa shape index (κ2) is 2.81. The summed E-state index contributed by atoms with van der Waals surface area (Å²) in [5.74, 6) is 0.751. The maximum atomic E-state index is 12.9. The Morgan fingerprint density at radius 1 is 1.50 bits per heavy atom. The van der Waals surface area contributed by atoms with Gasteiger partial charge in [-0.15, -0.1) is 0 Å². The molecule has 0 amide bonds. The molecule has 3 heteroatoms. The highest BCUT2D eigenvalue weighted by Crippen LogP contribution is 2.37. The van der Waals surface area contributed by atoms with Gasteiger partial charge in [0.15, 0.2) is 0 Å². The zero-order valence-electron chi connectivity index (χ0n) is 7.05. The van der Waals surface area contributed by atoms with Crippen LogP contribution in [-0.2, 0) is 6.42 Å². The van der Waals surface area contributed by atoms with Crippen LogP contribution < -0.4 is 0 Å². The molecule has 1 fully saturated rings.